The van der Waals surface area contributed by atoms with Crippen LogP contribution in [-0.2, 0) is 6.42 Å². The van der Waals surface area contributed by atoms with Crippen LogP contribution >= 0.6 is 11.6 Å². The van der Waals surface area contributed by atoms with E-state index in [4.69, 9.17) is 22.1 Å². The Labute approximate surface area is 106 Å². The molecule has 2 rings (SSSR count). The molecule has 0 aliphatic carbocycles. The number of rotatable bonds is 3. The van der Waals surface area contributed by atoms with E-state index in [2.05, 4.69) is 13.0 Å². The fourth-order valence-corrected chi connectivity index (χ4v) is 1.73. The molecule has 2 aromatic carbocycles. The molecule has 0 bridgehead atoms. The number of hydrogen-bond acceptors (Lipinski definition) is 2. The summed E-state index contributed by atoms with van der Waals surface area (Å²) < 4.78 is 5.72. The predicted octanol–water partition coefficient (Wildman–Crippen LogP) is 4.28. The van der Waals surface area contributed by atoms with E-state index in [0.29, 0.717) is 16.5 Å². The van der Waals surface area contributed by atoms with Crippen LogP contribution in [0.5, 0.6) is 11.5 Å². The molecular formula is C14H14ClNO. The van der Waals surface area contributed by atoms with E-state index < -0.39 is 0 Å². The lowest BCUT2D eigenvalue weighted by Crippen LogP contribution is -1.93. The van der Waals surface area contributed by atoms with Crippen molar-refractivity contribution in [1.29, 1.82) is 0 Å². The maximum Gasteiger partial charge on any atom is 0.151 e. The van der Waals surface area contributed by atoms with Crippen LogP contribution in [0.25, 0.3) is 0 Å². The molecule has 0 fully saturated rings. The number of ether oxygens (including phenoxy) is 1. The molecule has 0 saturated carbocycles. The first kappa shape index (κ1) is 11.8. The molecule has 2 aromatic rings. The van der Waals surface area contributed by atoms with Crippen LogP contribution in [0.4, 0.5) is 5.69 Å². The smallest absolute Gasteiger partial charge is 0.151 e. The Hall–Kier alpha value is -1.67. The number of benzene rings is 2. The average Bonchev–Trinajstić information content (AvgIpc) is 2.35. The second-order valence-electron chi connectivity index (χ2n) is 3.75. The number of aryl methyl sites for hydroxylation is 1. The number of nitrogen functional groups attached to an aromatic ring is 1. The second-order valence-corrected chi connectivity index (χ2v) is 4.16. The number of nitrogens with two attached hydrogens (primary N) is 1. The average molecular weight is 248 g/mol. The summed E-state index contributed by atoms with van der Waals surface area (Å²) in [5.74, 6) is 1.36. The monoisotopic (exact) mass is 247 g/mol. The molecule has 2 N–H and O–H groups in total. The van der Waals surface area contributed by atoms with Gasteiger partial charge in [0.2, 0.25) is 0 Å². The van der Waals surface area contributed by atoms with Gasteiger partial charge in [-0.3, -0.25) is 0 Å². The van der Waals surface area contributed by atoms with Gasteiger partial charge in [-0.2, -0.15) is 0 Å². The van der Waals surface area contributed by atoms with Crippen molar-refractivity contribution in [3.05, 3.63) is 53.1 Å². The Balaban J connectivity index is 2.28. The van der Waals surface area contributed by atoms with E-state index in [9.17, 15) is 0 Å². The zero-order valence-corrected chi connectivity index (χ0v) is 10.4. The summed E-state index contributed by atoms with van der Waals surface area (Å²) in [5, 5.41) is 0.508. The highest BCUT2D eigenvalue weighted by atomic mass is 35.5. The van der Waals surface area contributed by atoms with Gasteiger partial charge in [0.05, 0.1) is 10.7 Å². The molecule has 0 atom stereocenters. The summed E-state index contributed by atoms with van der Waals surface area (Å²) >= 11 is 5.93. The Morgan fingerprint density at radius 2 is 1.94 bits per heavy atom. The van der Waals surface area contributed by atoms with Gasteiger partial charge < -0.3 is 10.5 Å². The molecule has 0 aliphatic heterocycles. The third kappa shape index (κ3) is 2.71. The SMILES string of the molecule is CCc1cccc(Oc2cccc(Cl)c2N)c1. The molecule has 2 nitrogen and oxygen atoms in total. The maximum atomic E-state index is 5.93. The summed E-state index contributed by atoms with van der Waals surface area (Å²) in [5.41, 5.74) is 7.54. The molecule has 0 unspecified atom stereocenters. The molecule has 0 aliphatic rings. The minimum atomic E-state index is 0.469. The van der Waals surface area contributed by atoms with Crippen LogP contribution in [0.2, 0.25) is 5.02 Å². The fourth-order valence-electron chi connectivity index (χ4n) is 1.56. The zero-order chi connectivity index (χ0) is 12.3. The Bertz CT molecular complexity index is 525. The summed E-state index contributed by atoms with van der Waals surface area (Å²) in [6, 6.07) is 13.3. The van der Waals surface area contributed by atoms with E-state index in [-0.39, 0.29) is 0 Å². The fraction of sp³-hybridized carbons (Fsp3) is 0.143. The predicted molar refractivity (Wildman–Crippen MR) is 71.8 cm³/mol. The molecule has 0 aromatic heterocycles. The minimum absolute atomic E-state index is 0.469. The van der Waals surface area contributed by atoms with Crippen molar-refractivity contribution in [3.8, 4) is 11.5 Å². The quantitative estimate of drug-likeness (QED) is 0.822. The van der Waals surface area contributed by atoms with Crippen LogP contribution in [0.1, 0.15) is 12.5 Å². The Morgan fingerprint density at radius 3 is 2.71 bits per heavy atom. The van der Waals surface area contributed by atoms with Crippen LogP contribution in [0, 0.1) is 0 Å². The van der Waals surface area contributed by atoms with Crippen molar-refractivity contribution < 1.29 is 4.74 Å². The van der Waals surface area contributed by atoms with Gasteiger partial charge in [0, 0.05) is 0 Å². The van der Waals surface area contributed by atoms with E-state index in [1.165, 1.54) is 5.56 Å². The summed E-state index contributed by atoms with van der Waals surface area (Å²) in [6.07, 6.45) is 0.974. The zero-order valence-electron chi connectivity index (χ0n) is 9.61. The number of halogens is 1. The van der Waals surface area contributed by atoms with Gasteiger partial charge in [-0.05, 0) is 36.2 Å². The van der Waals surface area contributed by atoms with Gasteiger partial charge in [-0.1, -0.05) is 36.7 Å². The first-order chi connectivity index (χ1) is 8.20. The highest BCUT2D eigenvalue weighted by Gasteiger charge is 2.05. The van der Waals surface area contributed by atoms with Crippen molar-refractivity contribution in [2.45, 2.75) is 13.3 Å². The third-order valence-corrected chi connectivity index (χ3v) is 2.88. The van der Waals surface area contributed by atoms with Crippen molar-refractivity contribution in [1.82, 2.24) is 0 Å². The van der Waals surface area contributed by atoms with Crippen molar-refractivity contribution in [2.75, 3.05) is 5.73 Å². The molecule has 3 heteroatoms. The normalized spacial score (nSPS) is 10.2. The lowest BCUT2D eigenvalue weighted by molar-refractivity contribution is 0.484. The van der Waals surface area contributed by atoms with Gasteiger partial charge in [-0.25, -0.2) is 0 Å². The van der Waals surface area contributed by atoms with Crippen LogP contribution in [0.3, 0.4) is 0 Å². The van der Waals surface area contributed by atoms with Crippen LogP contribution < -0.4 is 10.5 Å². The molecule has 0 spiro atoms. The van der Waals surface area contributed by atoms with E-state index in [1.54, 1.807) is 12.1 Å². The first-order valence-corrected chi connectivity index (χ1v) is 5.89. The molecule has 17 heavy (non-hydrogen) atoms. The van der Waals surface area contributed by atoms with Gasteiger partial charge >= 0.3 is 0 Å². The van der Waals surface area contributed by atoms with E-state index in [0.717, 1.165) is 12.2 Å². The van der Waals surface area contributed by atoms with Gasteiger partial charge in [0.1, 0.15) is 5.75 Å². The second kappa shape index (κ2) is 5.11. The number of hydrogen-bond donors (Lipinski definition) is 1. The van der Waals surface area contributed by atoms with Gasteiger partial charge in [0.15, 0.2) is 5.75 Å². The molecule has 0 saturated heterocycles. The summed E-state index contributed by atoms with van der Waals surface area (Å²) in [6.45, 7) is 2.10. The van der Waals surface area contributed by atoms with Gasteiger partial charge in [-0.15, -0.1) is 0 Å². The van der Waals surface area contributed by atoms with Gasteiger partial charge in [0.25, 0.3) is 0 Å². The van der Waals surface area contributed by atoms with E-state index in [1.807, 2.05) is 24.3 Å². The summed E-state index contributed by atoms with van der Waals surface area (Å²) in [4.78, 5) is 0. The lowest BCUT2D eigenvalue weighted by atomic mass is 10.2. The van der Waals surface area contributed by atoms with E-state index >= 15 is 0 Å². The largest absolute Gasteiger partial charge is 0.455 e. The first-order valence-electron chi connectivity index (χ1n) is 5.51. The third-order valence-electron chi connectivity index (χ3n) is 2.55. The highest BCUT2D eigenvalue weighted by molar-refractivity contribution is 6.33. The summed E-state index contributed by atoms with van der Waals surface area (Å²) in [7, 11) is 0. The topological polar surface area (TPSA) is 35.2 Å². The molecular weight excluding hydrogens is 234 g/mol. The molecule has 88 valence electrons. The Kier molecular flexibility index (Phi) is 3.55. The number of anilines is 1. The number of para-hydroxylation sites is 1. The standard InChI is InChI=1S/C14H14ClNO/c1-2-10-5-3-6-11(9-10)17-13-8-4-7-12(15)14(13)16/h3-9H,2,16H2,1H3. The van der Waals surface area contributed by atoms with Crippen molar-refractivity contribution in [3.63, 3.8) is 0 Å². The maximum absolute atomic E-state index is 5.93. The van der Waals surface area contributed by atoms with Crippen LogP contribution in [-0.4, -0.2) is 0 Å². The molecule has 0 amide bonds. The minimum Gasteiger partial charge on any atom is -0.455 e. The molecule has 0 radical (unpaired) electrons. The molecule has 0 heterocycles. The highest BCUT2D eigenvalue weighted by Crippen LogP contribution is 2.32. The lowest BCUT2D eigenvalue weighted by Gasteiger charge is -2.10. The van der Waals surface area contributed by atoms with Crippen LogP contribution in [0.15, 0.2) is 42.5 Å². The Morgan fingerprint density at radius 1 is 1.18 bits per heavy atom. The van der Waals surface area contributed by atoms with Crippen molar-refractivity contribution >= 4 is 17.3 Å². The van der Waals surface area contributed by atoms with Crippen molar-refractivity contribution in [2.24, 2.45) is 0 Å².